The van der Waals surface area contributed by atoms with Crippen molar-refractivity contribution in [1.29, 1.82) is 0 Å². The molecule has 1 N–H and O–H groups in total. The first-order valence-corrected chi connectivity index (χ1v) is 5.55. The molecule has 0 bridgehead atoms. The molecule has 2 aromatic rings. The Kier molecular flexibility index (Phi) is 3.85. The Balaban J connectivity index is 2.25. The van der Waals surface area contributed by atoms with Gasteiger partial charge >= 0.3 is 0 Å². The van der Waals surface area contributed by atoms with Crippen LogP contribution in [0.1, 0.15) is 17.2 Å². The number of hydrogen-bond acceptors (Lipinski definition) is 1. The molecule has 1 nitrogen and oxygen atoms in total. The molecule has 0 saturated heterocycles. The zero-order valence-corrected chi connectivity index (χ0v) is 9.71. The van der Waals surface area contributed by atoms with Crippen LogP contribution in [0.4, 0.5) is 17.6 Å². The maximum Gasteiger partial charge on any atom is 0.164 e. The monoisotopic (exact) mass is 270 g/mol. The molecule has 0 aliphatic rings. The third kappa shape index (κ3) is 2.93. The van der Waals surface area contributed by atoms with Crippen LogP contribution in [0.2, 0.25) is 0 Å². The Morgan fingerprint density at radius 1 is 0.947 bits per heavy atom. The summed E-state index contributed by atoms with van der Waals surface area (Å²) in [6, 6.07) is 6.24. The van der Waals surface area contributed by atoms with Crippen molar-refractivity contribution >= 4 is 0 Å². The fourth-order valence-electron chi connectivity index (χ4n) is 1.78. The van der Waals surface area contributed by atoms with Gasteiger partial charge in [0.15, 0.2) is 11.6 Å². The van der Waals surface area contributed by atoms with E-state index in [2.05, 4.69) is 0 Å². The van der Waals surface area contributed by atoms with Crippen molar-refractivity contribution in [2.45, 2.75) is 12.5 Å². The van der Waals surface area contributed by atoms with Crippen LogP contribution in [-0.2, 0) is 6.42 Å². The summed E-state index contributed by atoms with van der Waals surface area (Å²) in [4.78, 5) is 0. The van der Waals surface area contributed by atoms with Crippen molar-refractivity contribution in [2.75, 3.05) is 0 Å². The van der Waals surface area contributed by atoms with Crippen molar-refractivity contribution in [3.8, 4) is 0 Å². The Bertz CT molecular complexity index is 598. The van der Waals surface area contributed by atoms with Crippen LogP contribution >= 0.6 is 0 Å². The first-order chi connectivity index (χ1) is 8.99. The minimum atomic E-state index is -1.41. The number of hydrogen-bond donors (Lipinski definition) is 1. The van der Waals surface area contributed by atoms with Crippen LogP contribution in [0.15, 0.2) is 36.4 Å². The highest BCUT2D eigenvalue weighted by molar-refractivity contribution is 5.25. The first-order valence-electron chi connectivity index (χ1n) is 5.55. The summed E-state index contributed by atoms with van der Waals surface area (Å²) in [6.45, 7) is 0. The van der Waals surface area contributed by atoms with Crippen molar-refractivity contribution in [2.24, 2.45) is 0 Å². The standard InChI is InChI=1S/C14H10F4O/c15-9-5-4-8(12(17)7-9)6-13(19)10-2-1-3-11(16)14(10)18/h1-5,7,13,19H,6H2. The molecule has 0 fully saturated rings. The minimum absolute atomic E-state index is 0.0255. The van der Waals surface area contributed by atoms with Gasteiger partial charge in [0.05, 0.1) is 6.10 Å². The number of aliphatic hydroxyl groups is 1. The smallest absolute Gasteiger partial charge is 0.164 e. The lowest BCUT2D eigenvalue weighted by molar-refractivity contribution is 0.171. The van der Waals surface area contributed by atoms with E-state index >= 15 is 0 Å². The topological polar surface area (TPSA) is 20.2 Å². The normalized spacial score (nSPS) is 12.5. The number of rotatable bonds is 3. The molecule has 1 atom stereocenters. The lowest BCUT2D eigenvalue weighted by atomic mass is 10.0. The Hall–Kier alpha value is -1.88. The second kappa shape index (κ2) is 5.40. The molecule has 0 spiro atoms. The third-order valence-corrected chi connectivity index (χ3v) is 2.77. The highest BCUT2D eigenvalue weighted by atomic mass is 19.2. The fraction of sp³-hybridized carbons (Fsp3) is 0.143. The zero-order chi connectivity index (χ0) is 14.0. The van der Waals surface area contributed by atoms with Crippen LogP contribution in [0.25, 0.3) is 0 Å². The van der Waals surface area contributed by atoms with Crippen LogP contribution in [0.3, 0.4) is 0 Å². The average molecular weight is 270 g/mol. The van der Waals surface area contributed by atoms with Crippen LogP contribution in [0, 0.1) is 23.3 Å². The highest BCUT2D eigenvalue weighted by Gasteiger charge is 2.17. The van der Waals surface area contributed by atoms with Gasteiger partial charge < -0.3 is 5.11 Å². The quantitative estimate of drug-likeness (QED) is 0.846. The summed E-state index contributed by atoms with van der Waals surface area (Å²) in [7, 11) is 0. The molecule has 0 heterocycles. The van der Waals surface area contributed by atoms with Gasteiger partial charge in [-0.1, -0.05) is 18.2 Å². The Morgan fingerprint density at radius 3 is 2.37 bits per heavy atom. The van der Waals surface area contributed by atoms with Gasteiger partial charge in [-0.15, -0.1) is 0 Å². The second-order valence-corrected chi connectivity index (χ2v) is 4.10. The number of halogens is 4. The van der Waals surface area contributed by atoms with E-state index in [9.17, 15) is 22.7 Å². The molecular formula is C14H10F4O. The second-order valence-electron chi connectivity index (χ2n) is 4.10. The van der Waals surface area contributed by atoms with E-state index in [4.69, 9.17) is 0 Å². The molecule has 0 aromatic heterocycles. The predicted molar refractivity (Wildman–Crippen MR) is 61.4 cm³/mol. The van der Waals surface area contributed by atoms with Crippen LogP contribution in [0.5, 0.6) is 0 Å². The Morgan fingerprint density at radius 2 is 1.68 bits per heavy atom. The van der Waals surface area contributed by atoms with Gasteiger partial charge in [0.1, 0.15) is 11.6 Å². The molecule has 1 unspecified atom stereocenters. The van der Waals surface area contributed by atoms with Crippen LogP contribution < -0.4 is 0 Å². The molecule has 0 amide bonds. The zero-order valence-electron chi connectivity index (χ0n) is 9.71. The molecule has 0 aliphatic carbocycles. The molecule has 2 rings (SSSR count). The van der Waals surface area contributed by atoms with Gasteiger partial charge in [0, 0.05) is 18.1 Å². The third-order valence-electron chi connectivity index (χ3n) is 2.77. The van der Waals surface area contributed by atoms with Crippen molar-refractivity contribution < 1.29 is 22.7 Å². The SMILES string of the molecule is OC(Cc1ccc(F)cc1F)c1cccc(F)c1F. The van der Waals surface area contributed by atoms with Crippen molar-refractivity contribution in [1.82, 2.24) is 0 Å². The van der Waals surface area contributed by atoms with E-state index < -0.39 is 29.4 Å². The van der Waals surface area contributed by atoms with E-state index in [1.54, 1.807) is 0 Å². The Labute approximate surface area is 107 Å². The van der Waals surface area contributed by atoms with E-state index in [1.165, 1.54) is 12.1 Å². The maximum atomic E-state index is 13.4. The van der Waals surface area contributed by atoms with Gasteiger partial charge in [-0.2, -0.15) is 0 Å². The summed E-state index contributed by atoms with van der Waals surface area (Å²) >= 11 is 0. The summed E-state index contributed by atoms with van der Waals surface area (Å²) in [5.41, 5.74) is -0.235. The van der Waals surface area contributed by atoms with Gasteiger partial charge in [-0.05, 0) is 17.7 Å². The van der Waals surface area contributed by atoms with Crippen molar-refractivity contribution in [3.05, 3.63) is 70.8 Å². The van der Waals surface area contributed by atoms with E-state index in [-0.39, 0.29) is 17.5 Å². The predicted octanol–water partition coefficient (Wildman–Crippen LogP) is 3.52. The van der Waals surface area contributed by atoms with Crippen LogP contribution in [-0.4, -0.2) is 5.11 Å². The van der Waals surface area contributed by atoms with E-state index in [1.807, 2.05) is 0 Å². The molecule has 0 aliphatic heterocycles. The van der Waals surface area contributed by atoms with Crippen molar-refractivity contribution in [3.63, 3.8) is 0 Å². The lowest BCUT2D eigenvalue weighted by Gasteiger charge is -2.13. The molecule has 100 valence electrons. The molecule has 5 heteroatoms. The summed E-state index contributed by atoms with van der Waals surface area (Å²) in [6.07, 6.45) is -1.68. The van der Waals surface area contributed by atoms with Gasteiger partial charge in [0.25, 0.3) is 0 Å². The number of benzene rings is 2. The largest absolute Gasteiger partial charge is 0.388 e. The van der Waals surface area contributed by atoms with Gasteiger partial charge in [-0.25, -0.2) is 17.6 Å². The molecule has 19 heavy (non-hydrogen) atoms. The van der Waals surface area contributed by atoms with Gasteiger partial charge in [0.2, 0.25) is 0 Å². The molecule has 2 aromatic carbocycles. The van der Waals surface area contributed by atoms with E-state index in [0.717, 1.165) is 18.2 Å². The fourth-order valence-corrected chi connectivity index (χ4v) is 1.78. The van der Waals surface area contributed by atoms with E-state index in [0.29, 0.717) is 6.07 Å². The molecular weight excluding hydrogens is 260 g/mol. The molecule has 0 saturated carbocycles. The minimum Gasteiger partial charge on any atom is -0.388 e. The summed E-state index contributed by atoms with van der Waals surface area (Å²) < 4.78 is 52.5. The summed E-state index contributed by atoms with van der Waals surface area (Å²) in [5.74, 6) is -3.84. The van der Waals surface area contributed by atoms with Gasteiger partial charge in [-0.3, -0.25) is 0 Å². The first kappa shape index (κ1) is 13.5. The maximum absolute atomic E-state index is 13.4. The number of aliphatic hydroxyl groups excluding tert-OH is 1. The average Bonchev–Trinajstić information content (AvgIpc) is 2.36. The summed E-state index contributed by atoms with van der Waals surface area (Å²) in [5, 5.41) is 9.81. The highest BCUT2D eigenvalue weighted by Crippen LogP contribution is 2.24. The molecule has 0 radical (unpaired) electrons. The lowest BCUT2D eigenvalue weighted by Crippen LogP contribution is -2.07.